The number of hydrogen-bond donors (Lipinski definition) is 2. The first-order valence-corrected chi connectivity index (χ1v) is 4.13. The first kappa shape index (κ1) is 11.9. The van der Waals surface area contributed by atoms with Gasteiger partial charge in [-0.05, 0) is 7.05 Å². The number of rotatable bonds is 6. The fourth-order valence-corrected chi connectivity index (χ4v) is 0.938. The molecule has 3 N–H and O–H groups in total. The van der Waals surface area contributed by atoms with Gasteiger partial charge in [-0.25, -0.2) is 0 Å². The van der Waals surface area contributed by atoms with Crippen LogP contribution in [-0.2, 0) is 9.59 Å². The van der Waals surface area contributed by atoms with E-state index in [4.69, 9.17) is 10.8 Å². The van der Waals surface area contributed by atoms with E-state index in [0.29, 0.717) is 13.1 Å². The third kappa shape index (κ3) is 6.10. The molecule has 0 heterocycles. The summed E-state index contributed by atoms with van der Waals surface area (Å²) in [4.78, 5) is 22.6. The van der Waals surface area contributed by atoms with E-state index < -0.39 is 11.9 Å². The number of carbonyl (C=O) groups is 2. The van der Waals surface area contributed by atoms with Gasteiger partial charge in [-0.2, -0.15) is 0 Å². The third-order valence-corrected chi connectivity index (χ3v) is 1.75. The van der Waals surface area contributed by atoms with Crippen molar-refractivity contribution in [2.45, 2.75) is 13.3 Å². The molecule has 0 aliphatic rings. The van der Waals surface area contributed by atoms with Gasteiger partial charge in [0.25, 0.3) is 0 Å². The van der Waals surface area contributed by atoms with E-state index in [9.17, 15) is 9.59 Å². The molecular weight excluding hydrogens is 172 g/mol. The maximum Gasteiger partial charge on any atom is 0.307 e. The quantitative estimate of drug-likeness (QED) is 0.589. The number of amides is 1. The van der Waals surface area contributed by atoms with Gasteiger partial charge in [0.1, 0.15) is 0 Å². The summed E-state index contributed by atoms with van der Waals surface area (Å²) in [6.45, 7) is 2.57. The Morgan fingerprint density at radius 3 is 2.46 bits per heavy atom. The van der Waals surface area contributed by atoms with E-state index in [1.54, 1.807) is 18.9 Å². The van der Waals surface area contributed by atoms with Gasteiger partial charge in [0, 0.05) is 19.5 Å². The number of nitrogens with zero attached hydrogens (tertiary/aromatic N) is 1. The summed E-state index contributed by atoms with van der Waals surface area (Å²) in [6.07, 6.45) is 0.267. The van der Waals surface area contributed by atoms with E-state index in [-0.39, 0.29) is 12.3 Å². The highest BCUT2D eigenvalue weighted by Gasteiger charge is 2.13. The van der Waals surface area contributed by atoms with Crippen LogP contribution in [-0.4, -0.2) is 42.0 Å². The molecular formula is C8H16N2O3. The van der Waals surface area contributed by atoms with E-state index in [1.165, 1.54) is 0 Å². The normalized spacial score (nSPS) is 12.8. The number of carbonyl (C=O) groups excluding carboxylic acids is 1. The second-order valence-corrected chi connectivity index (χ2v) is 3.22. The van der Waals surface area contributed by atoms with E-state index >= 15 is 0 Å². The number of hydrogen-bond acceptors (Lipinski definition) is 3. The molecule has 1 unspecified atom stereocenters. The van der Waals surface area contributed by atoms with Gasteiger partial charge < -0.3 is 15.7 Å². The number of carboxylic acid groups (broad SMARTS) is 1. The Balaban J connectivity index is 3.67. The van der Waals surface area contributed by atoms with Crippen LogP contribution in [0.25, 0.3) is 0 Å². The van der Waals surface area contributed by atoms with Crippen LogP contribution in [0.3, 0.4) is 0 Å². The molecule has 0 aromatic rings. The Bertz CT molecular complexity index is 194. The summed E-state index contributed by atoms with van der Waals surface area (Å²) in [5, 5.41) is 8.59. The molecule has 1 amide bonds. The highest BCUT2D eigenvalue weighted by Crippen LogP contribution is 1.98. The molecule has 0 saturated heterocycles. The second-order valence-electron chi connectivity index (χ2n) is 3.22. The molecule has 0 rings (SSSR count). The fourth-order valence-electron chi connectivity index (χ4n) is 0.938. The molecule has 0 aromatic heterocycles. The monoisotopic (exact) mass is 188 g/mol. The summed E-state index contributed by atoms with van der Waals surface area (Å²) < 4.78 is 0. The van der Waals surface area contributed by atoms with Crippen molar-refractivity contribution in [2.24, 2.45) is 11.7 Å². The highest BCUT2D eigenvalue weighted by molar-refractivity contribution is 5.73. The van der Waals surface area contributed by atoms with Gasteiger partial charge in [-0.3, -0.25) is 9.59 Å². The lowest BCUT2D eigenvalue weighted by Gasteiger charge is -2.17. The molecule has 0 aliphatic heterocycles. The average molecular weight is 188 g/mol. The van der Waals surface area contributed by atoms with Crippen molar-refractivity contribution in [1.82, 2.24) is 4.90 Å². The zero-order valence-corrected chi connectivity index (χ0v) is 7.99. The minimum absolute atomic E-state index is 0.267. The smallest absolute Gasteiger partial charge is 0.307 e. The lowest BCUT2D eigenvalue weighted by Crippen LogP contribution is -2.31. The zero-order valence-electron chi connectivity index (χ0n) is 7.99. The number of nitrogens with two attached hydrogens (primary N) is 1. The number of carboxylic acids is 1. The Morgan fingerprint density at radius 1 is 1.54 bits per heavy atom. The summed E-state index contributed by atoms with van der Waals surface area (Å²) in [6, 6.07) is 0. The lowest BCUT2D eigenvalue weighted by molar-refractivity contribution is -0.141. The van der Waals surface area contributed by atoms with Crippen molar-refractivity contribution in [3.63, 3.8) is 0 Å². The SMILES string of the molecule is CC(CN(C)CCC(N)=O)C(=O)O. The Kier molecular flexibility index (Phi) is 5.06. The van der Waals surface area contributed by atoms with Gasteiger partial charge in [0.15, 0.2) is 0 Å². The minimum Gasteiger partial charge on any atom is -0.481 e. The van der Waals surface area contributed by atoms with Crippen LogP contribution in [0.15, 0.2) is 0 Å². The average Bonchev–Trinajstić information content (AvgIpc) is 2.00. The molecule has 5 nitrogen and oxygen atoms in total. The van der Waals surface area contributed by atoms with E-state index in [2.05, 4.69) is 0 Å². The van der Waals surface area contributed by atoms with Crippen molar-refractivity contribution in [3.8, 4) is 0 Å². The molecule has 0 aliphatic carbocycles. The predicted molar refractivity (Wildman–Crippen MR) is 48.1 cm³/mol. The Labute approximate surface area is 77.5 Å². The maximum absolute atomic E-state index is 10.5. The van der Waals surface area contributed by atoms with Gasteiger partial charge in [0.05, 0.1) is 5.92 Å². The van der Waals surface area contributed by atoms with Crippen molar-refractivity contribution >= 4 is 11.9 Å². The van der Waals surface area contributed by atoms with Gasteiger partial charge in [-0.15, -0.1) is 0 Å². The van der Waals surface area contributed by atoms with Crippen LogP contribution >= 0.6 is 0 Å². The fraction of sp³-hybridized carbons (Fsp3) is 0.750. The van der Waals surface area contributed by atoms with E-state index in [1.807, 2.05) is 0 Å². The highest BCUT2D eigenvalue weighted by atomic mass is 16.4. The molecule has 76 valence electrons. The lowest BCUT2D eigenvalue weighted by atomic mass is 10.2. The van der Waals surface area contributed by atoms with Crippen LogP contribution in [0.5, 0.6) is 0 Å². The van der Waals surface area contributed by atoms with Crippen LogP contribution in [0, 0.1) is 5.92 Å². The first-order valence-electron chi connectivity index (χ1n) is 4.13. The molecule has 0 bridgehead atoms. The van der Waals surface area contributed by atoms with Crippen LogP contribution in [0.4, 0.5) is 0 Å². The second kappa shape index (κ2) is 5.53. The number of primary amides is 1. The van der Waals surface area contributed by atoms with Crippen LogP contribution < -0.4 is 5.73 Å². The summed E-state index contributed by atoms with van der Waals surface area (Å²) in [7, 11) is 1.77. The summed E-state index contributed by atoms with van der Waals surface area (Å²) in [5.74, 6) is -1.61. The van der Waals surface area contributed by atoms with E-state index in [0.717, 1.165) is 0 Å². The van der Waals surface area contributed by atoms with Gasteiger partial charge >= 0.3 is 5.97 Å². The van der Waals surface area contributed by atoms with Crippen LogP contribution in [0.2, 0.25) is 0 Å². The minimum atomic E-state index is -0.828. The summed E-state index contributed by atoms with van der Waals surface area (Å²) >= 11 is 0. The Morgan fingerprint density at radius 2 is 2.08 bits per heavy atom. The summed E-state index contributed by atoms with van der Waals surface area (Å²) in [5.41, 5.74) is 4.95. The largest absolute Gasteiger partial charge is 0.481 e. The molecule has 5 heteroatoms. The molecule has 13 heavy (non-hydrogen) atoms. The molecule has 0 saturated carbocycles. The molecule has 0 aromatic carbocycles. The third-order valence-electron chi connectivity index (χ3n) is 1.75. The van der Waals surface area contributed by atoms with Gasteiger partial charge in [-0.1, -0.05) is 6.92 Å². The first-order chi connectivity index (χ1) is 5.93. The van der Waals surface area contributed by atoms with Crippen molar-refractivity contribution in [3.05, 3.63) is 0 Å². The van der Waals surface area contributed by atoms with Crippen LogP contribution in [0.1, 0.15) is 13.3 Å². The molecule has 0 fully saturated rings. The van der Waals surface area contributed by atoms with Crippen molar-refractivity contribution in [2.75, 3.05) is 20.1 Å². The van der Waals surface area contributed by atoms with Crippen molar-refractivity contribution < 1.29 is 14.7 Å². The molecule has 1 atom stereocenters. The topological polar surface area (TPSA) is 83.6 Å². The molecule has 0 spiro atoms. The Hall–Kier alpha value is -1.10. The maximum atomic E-state index is 10.5. The number of aliphatic carboxylic acids is 1. The zero-order chi connectivity index (χ0) is 10.4. The van der Waals surface area contributed by atoms with Gasteiger partial charge in [0.2, 0.25) is 5.91 Å². The molecule has 0 radical (unpaired) electrons. The standard InChI is InChI=1S/C8H16N2O3/c1-6(8(12)13)5-10(2)4-3-7(9)11/h6H,3-5H2,1-2H3,(H2,9,11)(H,12,13). The predicted octanol–water partition coefficient (Wildman–Crippen LogP) is -0.486. The van der Waals surface area contributed by atoms with Crippen molar-refractivity contribution in [1.29, 1.82) is 0 Å².